The number of halogens is 2. The topological polar surface area (TPSA) is 51.8 Å². The molecule has 0 aromatic carbocycles. The van der Waals surface area contributed by atoms with Crippen molar-refractivity contribution in [2.75, 3.05) is 5.73 Å². The van der Waals surface area contributed by atoms with E-state index in [-0.39, 0.29) is 36.7 Å². The maximum atomic E-state index is 5.38. The zero-order valence-corrected chi connectivity index (χ0v) is 8.83. The Labute approximate surface area is 81.6 Å². The van der Waals surface area contributed by atoms with Crippen LogP contribution >= 0.6 is 23.2 Å². The number of nitrogen functional groups attached to an aromatic ring is 1. The number of hydrogen-bond acceptors (Lipinski definition) is 3. The van der Waals surface area contributed by atoms with Gasteiger partial charge in [-0.3, -0.25) is 0 Å². The van der Waals surface area contributed by atoms with Crippen LogP contribution in [0.15, 0.2) is 0 Å². The maximum absolute atomic E-state index is 5.38. The zero-order chi connectivity index (χ0) is 6.85. The van der Waals surface area contributed by atoms with Gasteiger partial charge in [0.15, 0.2) is 0 Å². The van der Waals surface area contributed by atoms with Crippen molar-refractivity contribution in [3.8, 4) is 0 Å². The molecule has 3 nitrogen and oxygen atoms in total. The van der Waals surface area contributed by atoms with Crippen LogP contribution in [0, 0.1) is 6.07 Å². The van der Waals surface area contributed by atoms with Gasteiger partial charge in [0.05, 0.1) is 0 Å². The largest absolute Gasteiger partial charge is 0.393 e. The molecular formula is C4H2Cl2N3Re-. The molecule has 0 unspecified atom stereocenters. The number of nitrogens with zero attached hydrogens (tertiary/aromatic N) is 2. The molecule has 1 rings (SSSR count). The van der Waals surface area contributed by atoms with Crippen LogP contribution in [0.5, 0.6) is 0 Å². The molecule has 1 radical (unpaired) electrons. The number of anilines is 1. The minimum absolute atomic E-state index is 0. The van der Waals surface area contributed by atoms with Crippen molar-refractivity contribution in [2.45, 2.75) is 0 Å². The molecule has 0 aliphatic heterocycles. The fourth-order valence-electron chi connectivity index (χ4n) is 0.367. The fourth-order valence-corrected chi connectivity index (χ4v) is 0.768. The van der Waals surface area contributed by atoms with E-state index in [1.165, 1.54) is 0 Å². The van der Waals surface area contributed by atoms with Crippen LogP contribution in [0.1, 0.15) is 0 Å². The smallest absolute Gasteiger partial charge is 0.217 e. The van der Waals surface area contributed by atoms with Crippen LogP contribution in [0.4, 0.5) is 5.95 Å². The molecule has 0 atom stereocenters. The molecule has 10 heavy (non-hydrogen) atoms. The molecule has 0 spiro atoms. The van der Waals surface area contributed by atoms with Crippen molar-refractivity contribution < 1.29 is 20.4 Å². The Hall–Kier alpha value is 0.122. The molecule has 0 bridgehead atoms. The summed E-state index contributed by atoms with van der Waals surface area (Å²) in [5.41, 5.74) is 5.15. The van der Waals surface area contributed by atoms with Gasteiger partial charge in [0.2, 0.25) is 5.95 Å². The van der Waals surface area contributed by atoms with Crippen LogP contribution in [0.3, 0.4) is 0 Å². The van der Waals surface area contributed by atoms with Crippen LogP contribution in [0.25, 0.3) is 0 Å². The Balaban J connectivity index is 0.000000810. The van der Waals surface area contributed by atoms with E-state index in [1.54, 1.807) is 0 Å². The van der Waals surface area contributed by atoms with Gasteiger partial charge >= 0.3 is 0 Å². The van der Waals surface area contributed by atoms with Gasteiger partial charge in [0, 0.05) is 20.4 Å². The van der Waals surface area contributed by atoms with E-state index in [0.717, 1.165) is 0 Å². The number of rotatable bonds is 0. The summed E-state index contributed by atoms with van der Waals surface area (Å²) >= 11 is 10.8. The van der Waals surface area contributed by atoms with Gasteiger partial charge in [-0.2, -0.15) is 0 Å². The Morgan fingerprint density at radius 2 is 1.60 bits per heavy atom. The Morgan fingerprint density at radius 1 is 1.20 bits per heavy atom. The number of aromatic nitrogens is 2. The molecule has 0 saturated carbocycles. The summed E-state index contributed by atoms with van der Waals surface area (Å²) in [5, 5.41) is 0.264. The Kier molecular flexibility index (Phi) is 4.15. The van der Waals surface area contributed by atoms with E-state index in [4.69, 9.17) is 28.9 Å². The van der Waals surface area contributed by atoms with Crippen molar-refractivity contribution >= 4 is 29.2 Å². The number of nitrogens with two attached hydrogens (primary N) is 1. The van der Waals surface area contributed by atoms with Crippen molar-refractivity contribution in [3.05, 3.63) is 16.4 Å². The van der Waals surface area contributed by atoms with Crippen LogP contribution in [-0.2, 0) is 20.4 Å². The predicted molar refractivity (Wildman–Crippen MR) is 35.3 cm³/mol. The molecule has 6 heteroatoms. The van der Waals surface area contributed by atoms with E-state index in [0.29, 0.717) is 0 Å². The van der Waals surface area contributed by atoms with Crippen molar-refractivity contribution in [1.82, 2.24) is 9.97 Å². The third-order valence-electron chi connectivity index (χ3n) is 0.632. The monoisotopic (exact) mass is 349 g/mol. The first kappa shape index (κ1) is 10.1. The van der Waals surface area contributed by atoms with Gasteiger partial charge < -0.3 is 11.8 Å². The first-order valence-electron chi connectivity index (χ1n) is 2.06. The third-order valence-corrected chi connectivity index (χ3v) is 0.990. The molecule has 1 aromatic rings. The first-order valence-corrected chi connectivity index (χ1v) is 2.82. The molecule has 0 saturated heterocycles. The summed E-state index contributed by atoms with van der Waals surface area (Å²) < 4.78 is 0. The third kappa shape index (κ3) is 2.80. The van der Waals surface area contributed by atoms with Gasteiger partial charge in [-0.15, -0.1) is 23.2 Å². The molecule has 1 heterocycles. The zero-order valence-electron chi connectivity index (χ0n) is 4.61. The summed E-state index contributed by atoms with van der Waals surface area (Å²) in [4.78, 5) is 7.05. The van der Waals surface area contributed by atoms with Gasteiger partial charge in [0.25, 0.3) is 0 Å². The minimum Gasteiger partial charge on any atom is -0.393 e. The van der Waals surface area contributed by atoms with Crippen molar-refractivity contribution in [3.63, 3.8) is 0 Å². The number of hydrogen-bond donors (Lipinski definition) is 1. The molecule has 0 aliphatic carbocycles. The van der Waals surface area contributed by atoms with Gasteiger partial charge in [0.1, 0.15) is 0 Å². The van der Waals surface area contributed by atoms with Crippen LogP contribution in [0.2, 0.25) is 10.3 Å². The minimum atomic E-state index is 0. The molecule has 1 aromatic heterocycles. The second kappa shape index (κ2) is 4.10. The standard InChI is InChI=1S/C4H2Cl2N3.Re/c5-2-1-3(6)9-4(7)8-2;/h(H2,7,8,9);/q-1;. The van der Waals surface area contributed by atoms with E-state index in [2.05, 4.69) is 16.0 Å². The summed E-state index contributed by atoms with van der Waals surface area (Å²) in [6.07, 6.45) is 0. The van der Waals surface area contributed by atoms with E-state index in [1.807, 2.05) is 0 Å². The average Bonchev–Trinajstić information content (AvgIpc) is 1.59. The molecule has 55 valence electrons. The van der Waals surface area contributed by atoms with Crippen molar-refractivity contribution in [2.24, 2.45) is 0 Å². The van der Waals surface area contributed by atoms with Crippen LogP contribution in [-0.4, -0.2) is 9.97 Å². The van der Waals surface area contributed by atoms with Crippen LogP contribution < -0.4 is 5.73 Å². The fraction of sp³-hybridized carbons (Fsp3) is 0. The van der Waals surface area contributed by atoms with E-state index in [9.17, 15) is 0 Å². The maximum Gasteiger partial charge on any atom is 0.217 e. The predicted octanol–water partition coefficient (Wildman–Crippen LogP) is 1.16. The molecule has 0 aliphatic rings. The normalized spacial score (nSPS) is 8.60. The molecule has 2 N–H and O–H groups in total. The van der Waals surface area contributed by atoms with Gasteiger partial charge in [-0.1, -0.05) is 0 Å². The Bertz CT molecular complexity index is 179. The molecular weight excluding hydrogens is 347 g/mol. The summed E-state index contributed by atoms with van der Waals surface area (Å²) in [7, 11) is 0. The SMILES string of the molecule is Nc1nc(Cl)[c-]c(Cl)n1.[Re]. The van der Waals surface area contributed by atoms with E-state index >= 15 is 0 Å². The van der Waals surface area contributed by atoms with Gasteiger partial charge in [-0.05, 0) is 10.3 Å². The second-order valence-electron chi connectivity index (χ2n) is 1.29. The molecule has 0 amide bonds. The summed E-state index contributed by atoms with van der Waals surface area (Å²) in [6.45, 7) is 0. The molecule has 0 fully saturated rings. The summed E-state index contributed by atoms with van der Waals surface area (Å²) in [6, 6.07) is 2.44. The second-order valence-corrected chi connectivity index (χ2v) is 2.00. The van der Waals surface area contributed by atoms with E-state index < -0.39 is 0 Å². The average molecular weight is 349 g/mol. The van der Waals surface area contributed by atoms with Gasteiger partial charge in [-0.25, -0.2) is 9.97 Å². The summed E-state index contributed by atoms with van der Waals surface area (Å²) in [5.74, 6) is 0.0590. The quantitative estimate of drug-likeness (QED) is 0.565. The Morgan fingerprint density at radius 3 is 1.90 bits per heavy atom. The van der Waals surface area contributed by atoms with Crippen molar-refractivity contribution in [1.29, 1.82) is 0 Å². The first-order chi connectivity index (χ1) is 4.18.